The van der Waals surface area contributed by atoms with Crippen LogP contribution in [0.3, 0.4) is 0 Å². The molecule has 2 aliphatic rings. The molecular weight excluding hydrogens is 1060 g/mol. The zero-order valence-electron chi connectivity index (χ0n) is 42.5. The normalized spacial score (nSPS) is 13.1. The smallest absolute Gasteiger partial charge is 0.149 e. The summed E-state index contributed by atoms with van der Waals surface area (Å²) in [6.45, 7) is 10.1. The number of halogens is 3. The molecule has 0 saturated carbocycles. The van der Waals surface area contributed by atoms with Gasteiger partial charge < -0.3 is 35.1 Å². The Labute approximate surface area is 467 Å². The number of alkyl halides is 1. The molecule has 0 unspecified atom stereocenters. The van der Waals surface area contributed by atoms with E-state index in [4.69, 9.17) is 28.2 Å². The summed E-state index contributed by atoms with van der Waals surface area (Å²) in [7, 11) is 10.3. The van der Waals surface area contributed by atoms with E-state index < -0.39 is 0 Å². The maximum Gasteiger partial charge on any atom is 0.149 e. The Morgan fingerprint density at radius 3 is 1.42 bits per heavy atom. The van der Waals surface area contributed by atoms with Crippen LogP contribution in [0.2, 0.25) is 10.3 Å². The van der Waals surface area contributed by atoms with Gasteiger partial charge in [-0.05, 0) is 68.7 Å². The number of pyridine rings is 3. The zero-order chi connectivity index (χ0) is 52.1. The lowest BCUT2D eigenvalue weighted by Gasteiger charge is -2.33. The van der Waals surface area contributed by atoms with Crippen molar-refractivity contribution < 1.29 is 0 Å². The Kier molecular flexibility index (Phi) is 24.8. The number of fused-ring (bicyclic) bond motifs is 3. The van der Waals surface area contributed by atoms with E-state index in [1.165, 1.54) is 18.5 Å². The molecule has 0 atom stereocenters. The summed E-state index contributed by atoms with van der Waals surface area (Å²) in [4.78, 5) is 50.1. The number of aromatic nitrogens is 9. The van der Waals surface area contributed by atoms with Gasteiger partial charge >= 0.3 is 0 Å². The second-order valence-electron chi connectivity index (χ2n) is 17.4. The Balaban J connectivity index is 0.000000188. The molecular formula is C57H71BrCl2N16. The molecule has 0 radical (unpaired) electrons. The van der Waals surface area contributed by atoms with E-state index in [1.807, 2.05) is 81.2 Å². The van der Waals surface area contributed by atoms with Gasteiger partial charge in [0.2, 0.25) is 0 Å². The second kappa shape index (κ2) is 31.3. The first-order valence-corrected chi connectivity index (χ1v) is 26.2. The van der Waals surface area contributed by atoms with Crippen LogP contribution in [-0.4, -0.2) is 142 Å². The van der Waals surface area contributed by atoms with Crippen molar-refractivity contribution in [3.8, 4) is 0 Å². The molecule has 2 N–H and O–H groups in total. The van der Waals surface area contributed by atoms with Crippen LogP contribution >= 0.6 is 39.1 Å². The van der Waals surface area contributed by atoms with Crippen molar-refractivity contribution in [1.82, 2.24) is 60.0 Å². The fourth-order valence-electron chi connectivity index (χ4n) is 8.03. The van der Waals surface area contributed by atoms with Gasteiger partial charge in [0.1, 0.15) is 33.6 Å². The van der Waals surface area contributed by atoms with E-state index in [9.17, 15) is 0 Å². The molecule has 400 valence electrons. The lowest BCUT2D eigenvalue weighted by molar-refractivity contribution is 0.291. The van der Waals surface area contributed by atoms with Gasteiger partial charge in [0.05, 0.1) is 52.0 Å². The van der Waals surface area contributed by atoms with Crippen molar-refractivity contribution in [1.29, 1.82) is 0 Å². The van der Waals surface area contributed by atoms with E-state index in [2.05, 4.69) is 161 Å². The highest BCUT2D eigenvalue weighted by molar-refractivity contribution is 9.08. The van der Waals surface area contributed by atoms with Crippen LogP contribution in [0.1, 0.15) is 32.3 Å². The highest BCUT2D eigenvalue weighted by Gasteiger charge is 2.17. The Hall–Kier alpha value is -6.73. The molecule has 2 aliphatic heterocycles. The predicted octanol–water partition coefficient (Wildman–Crippen LogP) is 10.8. The average molecular weight is 1130 g/mol. The number of anilines is 4. The molecule has 11 rings (SSSR count). The molecule has 0 spiro atoms. The fraction of sp³-hybridized carbons (Fsp3) is 0.316. The second-order valence-corrected chi connectivity index (χ2v) is 18.8. The summed E-state index contributed by atoms with van der Waals surface area (Å²) >= 11 is 14.6. The van der Waals surface area contributed by atoms with Crippen LogP contribution < -0.4 is 25.3 Å². The van der Waals surface area contributed by atoms with E-state index in [1.54, 1.807) is 30.7 Å². The van der Waals surface area contributed by atoms with Crippen LogP contribution in [0.25, 0.3) is 32.7 Å². The maximum atomic E-state index is 5.89. The SMILES string of the molecule is C.C.CN(Cc1nccc(Cl)n1)c1cccc2cccnc12.CN1CCN(c2ccnc(CN(C)c3cccc4cccnc34)n2)CC1.CN1CCNCC1.CNc1cccc2cccnc12.Clc1ccnc(CBr)n1. The third-order valence-electron chi connectivity index (χ3n) is 12.0. The van der Waals surface area contributed by atoms with Crippen molar-refractivity contribution in [2.24, 2.45) is 0 Å². The molecule has 3 aromatic carbocycles. The number of likely N-dealkylation sites (N-methyl/N-ethyl adjacent to an activating group) is 2. The fourth-order valence-corrected chi connectivity index (χ4v) is 8.61. The summed E-state index contributed by atoms with van der Waals surface area (Å²) in [6, 6.07) is 35.8. The Bertz CT molecular complexity index is 3120. The third kappa shape index (κ3) is 18.0. The molecule has 0 aliphatic carbocycles. The van der Waals surface area contributed by atoms with Crippen molar-refractivity contribution in [3.05, 3.63) is 174 Å². The van der Waals surface area contributed by atoms with Crippen LogP contribution in [0.15, 0.2) is 146 Å². The van der Waals surface area contributed by atoms with E-state index >= 15 is 0 Å². The van der Waals surface area contributed by atoms with Gasteiger partial charge in [-0.1, -0.05) is 109 Å². The van der Waals surface area contributed by atoms with Gasteiger partial charge in [0, 0.05) is 127 Å². The zero-order valence-corrected chi connectivity index (χ0v) is 45.6. The summed E-state index contributed by atoms with van der Waals surface area (Å²) in [5.41, 5.74) is 6.23. The van der Waals surface area contributed by atoms with Crippen molar-refractivity contribution in [3.63, 3.8) is 0 Å². The van der Waals surface area contributed by atoms with Gasteiger partial charge in [-0.15, -0.1) is 0 Å². The number of hydrogen-bond donors (Lipinski definition) is 2. The van der Waals surface area contributed by atoms with E-state index in [0.717, 1.165) is 95.3 Å². The predicted molar refractivity (Wildman–Crippen MR) is 321 cm³/mol. The summed E-state index contributed by atoms with van der Waals surface area (Å²) < 4.78 is 0. The largest absolute Gasteiger partial charge is 0.386 e. The van der Waals surface area contributed by atoms with Crippen molar-refractivity contribution in [2.75, 3.05) is 108 Å². The van der Waals surface area contributed by atoms with Gasteiger partial charge in [0.25, 0.3) is 0 Å². The first kappa shape index (κ1) is 60.1. The monoisotopic (exact) mass is 1130 g/mol. The first-order chi connectivity index (χ1) is 36.1. The minimum atomic E-state index is 0. The molecule has 19 heteroatoms. The average Bonchev–Trinajstić information content (AvgIpc) is 3.44. The number of nitrogens with zero attached hydrogens (tertiary/aromatic N) is 14. The number of piperazine rings is 2. The van der Waals surface area contributed by atoms with Crippen LogP contribution in [0.5, 0.6) is 0 Å². The minimum absolute atomic E-state index is 0. The van der Waals surface area contributed by atoms with Crippen molar-refractivity contribution >= 4 is 94.7 Å². The molecule has 0 bridgehead atoms. The number of nitrogens with one attached hydrogen (secondary N) is 2. The van der Waals surface area contributed by atoms with Crippen molar-refractivity contribution in [2.45, 2.75) is 33.3 Å². The molecule has 8 heterocycles. The minimum Gasteiger partial charge on any atom is -0.386 e. The van der Waals surface area contributed by atoms with E-state index in [0.29, 0.717) is 40.4 Å². The lowest BCUT2D eigenvalue weighted by Crippen LogP contribution is -2.44. The lowest BCUT2D eigenvalue weighted by atomic mass is 10.2. The Morgan fingerprint density at radius 1 is 0.513 bits per heavy atom. The van der Waals surface area contributed by atoms with Gasteiger partial charge in [-0.2, -0.15) is 0 Å². The van der Waals surface area contributed by atoms with Crippen LogP contribution in [-0.2, 0) is 18.4 Å². The quantitative estimate of drug-likeness (QED) is 0.104. The van der Waals surface area contributed by atoms with E-state index in [-0.39, 0.29) is 14.9 Å². The van der Waals surface area contributed by atoms with Gasteiger partial charge in [0.15, 0.2) is 0 Å². The highest BCUT2D eigenvalue weighted by atomic mass is 79.9. The van der Waals surface area contributed by atoms with Gasteiger partial charge in [-0.3, -0.25) is 15.0 Å². The molecule has 16 nitrogen and oxygen atoms in total. The summed E-state index contributed by atoms with van der Waals surface area (Å²) in [6.07, 6.45) is 10.6. The number of para-hydroxylation sites is 3. The molecule has 9 aromatic rings. The summed E-state index contributed by atoms with van der Waals surface area (Å²) in [5, 5.41) is 11.4. The summed E-state index contributed by atoms with van der Waals surface area (Å²) in [5.74, 6) is 3.25. The molecule has 76 heavy (non-hydrogen) atoms. The topological polar surface area (TPSA) is 156 Å². The van der Waals surface area contributed by atoms with Gasteiger partial charge in [-0.25, -0.2) is 29.9 Å². The molecule has 6 aromatic heterocycles. The third-order valence-corrected chi connectivity index (χ3v) is 12.9. The number of hydrogen-bond acceptors (Lipinski definition) is 16. The highest BCUT2D eigenvalue weighted by Crippen LogP contribution is 2.26. The van der Waals surface area contributed by atoms with Crippen LogP contribution in [0.4, 0.5) is 22.9 Å². The van der Waals surface area contributed by atoms with Crippen LogP contribution in [0, 0.1) is 0 Å². The Morgan fingerprint density at radius 2 is 0.947 bits per heavy atom. The maximum absolute atomic E-state index is 5.89. The number of rotatable bonds is 9. The molecule has 2 saturated heterocycles. The standard InChI is InChI=1S/C20H24N6.C15H13ClN4.C10H10N2.C5H4BrClN2.C5H12N2.2CH4/c1-24-11-13-26(14-12-24)19-8-10-21-18(23-19)15-25(2)17-7-3-5-16-6-4-9-22-20(16)17;1-20(10-14-17-9-7-13(16)19-14)12-6-2-4-11-5-3-8-18-15(11)12;1-11-9-6-2-4-8-5-3-7-12-10(8)9;6-3-5-8-2-1-4(7)9-5;1-7-4-2-6-3-5-7;;/h3-10H,11-15H2,1-2H3;2-9H,10H2,1H3;2-7,11H,1H3;1-2H,3H2;6H,2-5H2,1H3;2*1H4. The first-order valence-electron chi connectivity index (χ1n) is 24.3. The molecule has 0 amide bonds. The number of benzene rings is 3. The molecule has 2 fully saturated rings.